The summed E-state index contributed by atoms with van der Waals surface area (Å²) in [7, 11) is 0. The highest BCUT2D eigenvalue weighted by atomic mass is 32.2. The predicted octanol–water partition coefficient (Wildman–Crippen LogP) is 3.68. The predicted molar refractivity (Wildman–Crippen MR) is 94.6 cm³/mol. The Kier molecular flexibility index (Phi) is 6.15. The van der Waals surface area contributed by atoms with Gasteiger partial charge in [0.2, 0.25) is 0 Å². The number of carbonyl (C=O) groups excluding carboxylic acids is 2. The van der Waals surface area contributed by atoms with Crippen molar-refractivity contribution in [3.8, 4) is 0 Å². The number of amides is 1. The molecule has 0 unspecified atom stereocenters. The summed E-state index contributed by atoms with van der Waals surface area (Å²) in [6.07, 6.45) is 1.42. The van der Waals surface area contributed by atoms with E-state index < -0.39 is 18.4 Å². The molecule has 0 aromatic heterocycles. The molecule has 0 N–H and O–H groups in total. The lowest BCUT2D eigenvalue weighted by atomic mass is 9.93. The smallest absolute Gasteiger partial charge is 0.413 e. The molecule has 1 aliphatic heterocycles. The molecular formula is C18H25NO4S. The molecule has 2 rings (SSSR count). The van der Waals surface area contributed by atoms with Gasteiger partial charge in [0, 0.05) is 5.41 Å². The van der Waals surface area contributed by atoms with Crippen LogP contribution in [-0.4, -0.2) is 41.2 Å². The van der Waals surface area contributed by atoms with Gasteiger partial charge in [-0.15, -0.1) is 0 Å². The number of hydrogen-bond donors (Lipinski definition) is 0. The van der Waals surface area contributed by atoms with Crippen molar-refractivity contribution in [3.05, 3.63) is 35.9 Å². The molecule has 5 nitrogen and oxygen atoms in total. The van der Waals surface area contributed by atoms with E-state index >= 15 is 0 Å². The molecule has 0 radical (unpaired) electrons. The molecule has 0 aliphatic carbocycles. The van der Waals surface area contributed by atoms with Gasteiger partial charge >= 0.3 is 12.1 Å². The molecular weight excluding hydrogens is 326 g/mol. The van der Waals surface area contributed by atoms with Crippen molar-refractivity contribution in [2.45, 2.75) is 46.1 Å². The van der Waals surface area contributed by atoms with Crippen molar-refractivity contribution in [2.75, 3.05) is 12.0 Å². The van der Waals surface area contributed by atoms with Gasteiger partial charge in [-0.2, -0.15) is 11.8 Å². The first-order chi connectivity index (χ1) is 11.3. The normalized spacial score (nSPS) is 20.8. The van der Waals surface area contributed by atoms with E-state index in [0.717, 1.165) is 11.3 Å². The van der Waals surface area contributed by atoms with Crippen molar-refractivity contribution < 1.29 is 19.1 Å². The lowest BCUT2D eigenvalue weighted by Gasteiger charge is -2.33. The molecule has 1 aliphatic rings. The van der Waals surface area contributed by atoms with Crippen LogP contribution in [0.4, 0.5) is 4.79 Å². The van der Waals surface area contributed by atoms with Gasteiger partial charge < -0.3 is 9.47 Å². The third kappa shape index (κ3) is 4.44. The van der Waals surface area contributed by atoms with Gasteiger partial charge in [-0.3, -0.25) is 4.90 Å². The zero-order valence-corrected chi connectivity index (χ0v) is 15.5. The fourth-order valence-corrected chi connectivity index (χ4v) is 3.08. The molecule has 1 saturated heterocycles. The van der Waals surface area contributed by atoms with Gasteiger partial charge in [-0.05, 0) is 24.0 Å². The fourth-order valence-electron chi connectivity index (χ4n) is 2.62. The van der Waals surface area contributed by atoms with Gasteiger partial charge in [-0.1, -0.05) is 51.1 Å². The third-order valence-electron chi connectivity index (χ3n) is 3.84. The number of thioether (sulfide) groups is 1. The fraction of sp³-hybridized carbons (Fsp3) is 0.556. The van der Waals surface area contributed by atoms with Crippen LogP contribution in [0.15, 0.2) is 30.3 Å². The van der Waals surface area contributed by atoms with E-state index in [1.807, 2.05) is 57.4 Å². The second kappa shape index (κ2) is 7.92. The summed E-state index contributed by atoms with van der Waals surface area (Å²) in [5, 5.41) is 0. The van der Waals surface area contributed by atoms with Crippen molar-refractivity contribution in [3.63, 3.8) is 0 Å². The van der Waals surface area contributed by atoms with E-state index in [0.29, 0.717) is 6.42 Å². The van der Waals surface area contributed by atoms with Crippen molar-refractivity contribution in [1.29, 1.82) is 0 Å². The van der Waals surface area contributed by atoms with Crippen LogP contribution in [0.1, 0.15) is 32.8 Å². The molecule has 6 heteroatoms. The van der Waals surface area contributed by atoms with Crippen LogP contribution in [0, 0.1) is 5.41 Å². The number of ether oxygens (including phenoxy) is 2. The molecule has 1 amide bonds. The first-order valence-electron chi connectivity index (χ1n) is 8.03. The number of nitrogens with zero attached hydrogens (tertiary/aromatic N) is 1. The maximum atomic E-state index is 12.7. The minimum absolute atomic E-state index is 0.177. The van der Waals surface area contributed by atoms with Crippen LogP contribution in [0.25, 0.3) is 0 Å². The Bertz CT molecular complexity index is 570. The van der Waals surface area contributed by atoms with Crippen LogP contribution < -0.4 is 0 Å². The second-order valence-corrected chi connectivity index (χ2v) is 7.89. The quantitative estimate of drug-likeness (QED) is 0.758. The van der Waals surface area contributed by atoms with Crippen molar-refractivity contribution >= 4 is 23.8 Å². The largest absolute Gasteiger partial charge is 0.444 e. The van der Waals surface area contributed by atoms with Gasteiger partial charge in [0.1, 0.15) is 12.6 Å². The van der Waals surface area contributed by atoms with Crippen molar-refractivity contribution in [2.24, 2.45) is 5.41 Å². The summed E-state index contributed by atoms with van der Waals surface area (Å²) in [6.45, 7) is 6.01. The van der Waals surface area contributed by atoms with Crippen molar-refractivity contribution in [1.82, 2.24) is 4.90 Å². The zero-order valence-electron chi connectivity index (χ0n) is 14.7. The topological polar surface area (TPSA) is 55.8 Å². The Balaban J connectivity index is 2.13. The molecule has 1 aromatic rings. The number of hydrogen-bond acceptors (Lipinski definition) is 5. The van der Waals surface area contributed by atoms with Crippen LogP contribution >= 0.6 is 11.8 Å². The molecule has 0 spiro atoms. The summed E-state index contributed by atoms with van der Waals surface area (Å²) in [4.78, 5) is 26.4. The van der Waals surface area contributed by atoms with Crippen LogP contribution in [0.3, 0.4) is 0 Å². The third-order valence-corrected chi connectivity index (χ3v) is 4.48. The second-order valence-electron chi connectivity index (χ2n) is 6.90. The van der Waals surface area contributed by atoms with E-state index in [-0.39, 0.29) is 18.0 Å². The molecule has 2 atom stereocenters. The van der Waals surface area contributed by atoms with E-state index in [1.165, 1.54) is 4.90 Å². The van der Waals surface area contributed by atoms with Crippen LogP contribution in [0.2, 0.25) is 0 Å². The van der Waals surface area contributed by atoms with Crippen LogP contribution in [-0.2, 0) is 20.9 Å². The molecule has 1 fully saturated rings. The Morgan fingerprint density at radius 3 is 2.54 bits per heavy atom. The van der Waals surface area contributed by atoms with Gasteiger partial charge in [0.15, 0.2) is 6.23 Å². The number of rotatable bonds is 5. The van der Waals surface area contributed by atoms with Gasteiger partial charge in [-0.25, -0.2) is 9.59 Å². The Morgan fingerprint density at radius 1 is 1.29 bits per heavy atom. The van der Waals surface area contributed by atoms with Gasteiger partial charge in [0.05, 0.1) is 0 Å². The molecule has 1 aromatic carbocycles. The SMILES string of the molecule is CSCC[C@@H]1C(=O)O[C@H](C(C)(C)C)N1C(=O)OCc1ccccc1. The molecule has 132 valence electrons. The Labute approximate surface area is 147 Å². The lowest BCUT2D eigenvalue weighted by molar-refractivity contribution is -0.147. The minimum atomic E-state index is -0.611. The van der Waals surface area contributed by atoms with E-state index in [4.69, 9.17) is 9.47 Å². The lowest BCUT2D eigenvalue weighted by Crippen LogP contribution is -2.48. The van der Waals surface area contributed by atoms with Gasteiger partial charge in [0.25, 0.3) is 0 Å². The average molecular weight is 351 g/mol. The Morgan fingerprint density at radius 2 is 1.96 bits per heavy atom. The maximum absolute atomic E-state index is 12.7. The minimum Gasteiger partial charge on any atom is -0.444 e. The standard InChI is InChI=1S/C18H25NO4S/c1-18(2,3)16-19(14(10-11-24-4)15(20)23-16)17(21)22-12-13-8-6-5-7-9-13/h5-9,14,16H,10-12H2,1-4H3/t14-,16-/m1/s1. The monoisotopic (exact) mass is 351 g/mol. The Hall–Kier alpha value is -1.69. The number of benzene rings is 1. The first kappa shape index (κ1) is 18.6. The molecule has 24 heavy (non-hydrogen) atoms. The highest BCUT2D eigenvalue weighted by molar-refractivity contribution is 7.98. The molecule has 0 bridgehead atoms. The highest BCUT2D eigenvalue weighted by Crippen LogP contribution is 2.34. The summed E-state index contributed by atoms with van der Waals surface area (Å²) in [6, 6.07) is 8.91. The average Bonchev–Trinajstić information content (AvgIpc) is 2.88. The summed E-state index contributed by atoms with van der Waals surface area (Å²) < 4.78 is 10.9. The number of esters is 1. The highest BCUT2D eigenvalue weighted by Gasteiger charge is 2.50. The van der Waals surface area contributed by atoms with E-state index in [9.17, 15) is 9.59 Å². The maximum Gasteiger partial charge on any atom is 0.413 e. The zero-order chi connectivity index (χ0) is 17.7. The summed E-state index contributed by atoms with van der Waals surface area (Å²) in [5.41, 5.74) is 0.528. The van der Waals surface area contributed by atoms with E-state index in [1.54, 1.807) is 11.8 Å². The summed E-state index contributed by atoms with van der Waals surface area (Å²) >= 11 is 1.64. The summed E-state index contributed by atoms with van der Waals surface area (Å²) in [5.74, 6) is 0.430. The first-order valence-corrected chi connectivity index (χ1v) is 9.42. The van der Waals surface area contributed by atoms with E-state index in [2.05, 4.69) is 0 Å². The number of carbonyl (C=O) groups is 2. The molecule has 0 saturated carbocycles. The van der Waals surface area contributed by atoms with Crippen LogP contribution in [0.5, 0.6) is 0 Å². The number of cyclic esters (lactones) is 1. The molecule has 1 heterocycles.